The number of aromatic nitrogens is 4. The fraction of sp³-hybridized carbons (Fsp3) is 0.106. The SMILES string of the molecule is Cn1c(-c2cccc(C(F)c3cccc(N4c5cc6c(cc5C(C)(C)c5cccnc54)c4ccccc4n6-c4ccccc4)c3)c2)nc2ccccc21. The van der Waals surface area contributed by atoms with Crippen LogP contribution < -0.4 is 4.90 Å². The van der Waals surface area contributed by atoms with Crippen LogP contribution in [0.5, 0.6) is 0 Å². The first-order chi connectivity index (χ1) is 25.9. The van der Waals surface area contributed by atoms with E-state index in [1.807, 2.05) is 86.0 Å². The standard InChI is InChI=1S/C47H36FN5/c1-47(2)37-21-13-25-49-46(37)53(43-29-42-36(28-38(43)47)35-20-7-9-23-40(35)52(42)33-17-5-4-6-18-33)34-19-12-15-31(27-34)44(48)30-14-11-16-32(26-30)45-50-39-22-8-10-24-41(39)51(45)3/h4-29,44H,1-3H3. The van der Waals surface area contributed by atoms with Crippen LogP contribution in [-0.4, -0.2) is 19.1 Å². The second-order valence-corrected chi connectivity index (χ2v) is 14.5. The van der Waals surface area contributed by atoms with E-state index in [9.17, 15) is 0 Å². The van der Waals surface area contributed by atoms with Crippen molar-refractivity contribution in [3.8, 4) is 17.1 Å². The molecular weight excluding hydrogens is 654 g/mol. The van der Waals surface area contributed by atoms with Gasteiger partial charge in [-0.05, 0) is 83.4 Å². The average molecular weight is 690 g/mol. The van der Waals surface area contributed by atoms with Gasteiger partial charge in [-0.15, -0.1) is 0 Å². The molecular formula is C47H36FN5. The molecule has 0 aliphatic carbocycles. The van der Waals surface area contributed by atoms with Crippen molar-refractivity contribution in [2.24, 2.45) is 7.05 Å². The van der Waals surface area contributed by atoms with Gasteiger partial charge in [0.2, 0.25) is 0 Å². The van der Waals surface area contributed by atoms with E-state index < -0.39 is 6.17 Å². The third-order valence-electron chi connectivity index (χ3n) is 11.0. The number of hydrogen-bond acceptors (Lipinski definition) is 3. The number of halogens is 1. The topological polar surface area (TPSA) is 38.9 Å². The molecule has 1 atom stereocenters. The lowest BCUT2D eigenvalue weighted by Gasteiger charge is -2.41. The summed E-state index contributed by atoms with van der Waals surface area (Å²) in [4.78, 5) is 12.1. The van der Waals surface area contributed by atoms with Gasteiger partial charge in [0.05, 0.1) is 27.8 Å². The maximum absolute atomic E-state index is 16.8. The number of alkyl halides is 1. The summed E-state index contributed by atoms with van der Waals surface area (Å²) in [6.07, 6.45) is 0.498. The molecule has 1 aliphatic heterocycles. The van der Waals surface area contributed by atoms with Crippen LogP contribution >= 0.6 is 0 Å². The van der Waals surface area contributed by atoms with Gasteiger partial charge in [-0.2, -0.15) is 0 Å². The van der Waals surface area contributed by atoms with Crippen molar-refractivity contribution in [2.75, 3.05) is 4.90 Å². The molecule has 0 amide bonds. The first-order valence-electron chi connectivity index (χ1n) is 18.0. The fourth-order valence-corrected chi connectivity index (χ4v) is 8.38. The lowest BCUT2D eigenvalue weighted by molar-refractivity contribution is 0.402. The van der Waals surface area contributed by atoms with E-state index in [-0.39, 0.29) is 5.41 Å². The highest BCUT2D eigenvalue weighted by Crippen LogP contribution is 2.53. The molecule has 1 unspecified atom stereocenters. The quantitative estimate of drug-likeness (QED) is 0.181. The van der Waals surface area contributed by atoms with Crippen LogP contribution in [0.2, 0.25) is 0 Å². The number of para-hydroxylation sites is 4. The molecule has 53 heavy (non-hydrogen) atoms. The van der Waals surface area contributed by atoms with Gasteiger partial charge in [0.25, 0.3) is 0 Å². The molecule has 6 aromatic carbocycles. The number of pyridine rings is 1. The minimum Gasteiger partial charge on any atom is -0.327 e. The van der Waals surface area contributed by atoms with Gasteiger partial charge in [0.1, 0.15) is 11.6 Å². The Bertz CT molecular complexity index is 2870. The number of benzene rings is 6. The summed E-state index contributed by atoms with van der Waals surface area (Å²) >= 11 is 0. The van der Waals surface area contributed by atoms with E-state index in [2.05, 4.69) is 107 Å². The Morgan fingerprint density at radius 1 is 0.604 bits per heavy atom. The first kappa shape index (κ1) is 31.2. The molecule has 0 saturated heterocycles. The summed E-state index contributed by atoms with van der Waals surface area (Å²) in [5, 5.41) is 2.40. The van der Waals surface area contributed by atoms with E-state index in [0.29, 0.717) is 11.1 Å². The van der Waals surface area contributed by atoms with Gasteiger partial charge in [-0.3, -0.25) is 4.90 Å². The third-order valence-corrected chi connectivity index (χ3v) is 11.0. The zero-order chi connectivity index (χ0) is 35.8. The monoisotopic (exact) mass is 689 g/mol. The van der Waals surface area contributed by atoms with E-state index in [1.54, 1.807) is 0 Å². The number of anilines is 3. The molecule has 6 heteroatoms. The summed E-state index contributed by atoms with van der Waals surface area (Å²) in [6.45, 7) is 4.55. The highest BCUT2D eigenvalue weighted by molar-refractivity contribution is 6.11. The van der Waals surface area contributed by atoms with Crippen molar-refractivity contribution < 1.29 is 4.39 Å². The van der Waals surface area contributed by atoms with Gasteiger partial charge in [0.15, 0.2) is 6.17 Å². The van der Waals surface area contributed by atoms with Crippen LogP contribution in [0.4, 0.5) is 21.6 Å². The summed E-state index contributed by atoms with van der Waals surface area (Å²) in [7, 11) is 2.00. The van der Waals surface area contributed by atoms with Crippen molar-refractivity contribution in [3.63, 3.8) is 0 Å². The van der Waals surface area contributed by atoms with E-state index in [0.717, 1.165) is 61.9 Å². The summed E-state index contributed by atoms with van der Waals surface area (Å²) in [5.74, 6) is 1.66. The molecule has 1 aliphatic rings. The average Bonchev–Trinajstić information content (AvgIpc) is 3.72. The third kappa shape index (κ3) is 4.75. The Morgan fingerprint density at radius 3 is 2.15 bits per heavy atom. The smallest absolute Gasteiger partial charge is 0.150 e. The van der Waals surface area contributed by atoms with Crippen LogP contribution in [0, 0.1) is 0 Å². The van der Waals surface area contributed by atoms with Crippen molar-refractivity contribution in [1.82, 2.24) is 19.1 Å². The summed E-state index contributed by atoms with van der Waals surface area (Å²) in [5.41, 5.74) is 11.2. The molecule has 0 saturated carbocycles. The fourth-order valence-electron chi connectivity index (χ4n) is 8.38. The van der Waals surface area contributed by atoms with Crippen LogP contribution in [0.25, 0.3) is 49.9 Å². The van der Waals surface area contributed by atoms with Gasteiger partial charge in [-0.25, -0.2) is 14.4 Å². The maximum Gasteiger partial charge on any atom is 0.150 e. The number of imidazole rings is 1. The van der Waals surface area contributed by atoms with Crippen molar-refractivity contribution in [1.29, 1.82) is 0 Å². The van der Waals surface area contributed by atoms with E-state index in [4.69, 9.17) is 9.97 Å². The lowest BCUT2D eigenvalue weighted by Crippen LogP contribution is -2.31. The van der Waals surface area contributed by atoms with Crippen LogP contribution in [0.15, 0.2) is 158 Å². The zero-order valence-electron chi connectivity index (χ0n) is 29.7. The molecule has 0 bridgehead atoms. The van der Waals surface area contributed by atoms with Gasteiger partial charge >= 0.3 is 0 Å². The van der Waals surface area contributed by atoms with Gasteiger partial charge in [-0.1, -0.05) is 98.8 Å². The zero-order valence-corrected chi connectivity index (χ0v) is 29.7. The maximum atomic E-state index is 16.8. The minimum absolute atomic E-state index is 0.337. The Balaban J connectivity index is 1.13. The van der Waals surface area contributed by atoms with Gasteiger partial charge in [0, 0.05) is 51.9 Å². The molecule has 256 valence electrons. The number of fused-ring (bicyclic) bond motifs is 6. The largest absolute Gasteiger partial charge is 0.327 e. The van der Waals surface area contributed by atoms with Crippen LogP contribution in [-0.2, 0) is 12.5 Å². The van der Waals surface area contributed by atoms with Crippen molar-refractivity contribution in [2.45, 2.75) is 25.4 Å². The second-order valence-electron chi connectivity index (χ2n) is 14.5. The first-order valence-corrected chi connectivity index (χ1v) is 18.0. The molecule has 0 radical (unpaired) electrons. The number of rotatable bonds is 5. The van der Waals surface area contributed by atoms with Crippen molar-refractivity contribution in [3.05, 3.63) is 180 Å². The number of aryl methyl sites for hydroxylation is 1. The number of nitrogens with zero attached hydrogens (tertiary/aromatic N) is 5. The molecule has 0 fully saturated rings. The highest BCUT2D eigenvalue weighted by Gasteiger charge is 2.39. The molecule has 0 N–H and O–H groups in total. The Kier molecular flexibility index (Phi) is 6.92. The summed E-state index contributed by atoms with van der Waals surface area (Å²) in [6, 6.07) is 51.6. The molecule has 4 heterocycles. The van der Waals surface area contributed by atoms with Crippen LogP contribution in [0.1, 0.15) is 42.3 Å². The Morgan fingerprint density at radius 2 is 1.32 bits per heavy atom. The Hall–Kier alpha value is -6.53. The molecule has 5 nitrogen and oxygen atoms in total. The van der Waals surface area contributed by atoms with Crippen LogP contribution in [0.3, 0.4) is 0 Å². The highest BCUT2D eigenvalue weighted by atomic mass is 19.1. The normalized spacial score (nSPS) is 14.1. The summed E-state index contributed by atoms with van der Waals surface area (Å²) < 4.78 is 21.2. The van der Waals surface area contributed by atoms with Crippen molar-refractivity contribution >= 4 is 50.0 Å². The van der Waals surface area contributed by atoms with Gasteiger partial charge < -0.3 is 9.13 Å². The Labute approximate surface area is 307 Å². The molecule has 9 aromatic rings. The van der Waals surface area contributed by atoms with E-state index >= 15 is 4.39 Å². The number of hydrogen-bond donors (Lipinski definition) is 0. The molecule has 0 spiro atoms. The lowest BCUT2D eigenvalue weighted by atomic mass is 9.74. The molecule has 3 aromatic heterocycles. The minimum atomic E-state index is -1.35. The molecule has 10 rings (SSSR count). The predicted molar refractivity (Wildman–Crippen MR) is 214 cm³/mol. The predicted octanol–water partition coefficient (Wildman–Crippen LogP) is 11.9. The second kappa shape index (κ2) is 11.8. The van der Waals surface area contributed by atoms with E-state index in [1.165, 1.54) is 16.3 Å².